The van der Waals surface area contributed by atoms with Crippen LogP contribution in [0.1, 0.15) is 0 Å². The molecule has 0 spiro atoms. The van der Waals surface area contributed by atoms with Gasteiger partial charge in [0.2, 0.25) is 0 Å². The largest absolute Gasteiger partial charge is 0.341 e. The summed E-state index contributed by atoms with van der Waals surface area (Å²) in [5.41, 5.74) is -1.62. The van der Waals surface area contributed by atoms with Crippen LogP contribution in [0, 0.1) is 0 Å². The molecule has 6 heteroatoms. The minimum Gasteiger partial charge on any atom is -0.247 e. The summed E-state index contributed by atoms with van der Waals surface area (Å²) in [4.78, 5) is 38.1. The minimum atomic E-state index is -0.688. The van der Waals surface area contributed by atoms with Gasteiger partial charge in [-0.25, -0.2) is 28.1 Å². The van der Waals surface area contributed by atoms with Crippen molar-refractivity contribution in [2.24, 2.45) is 0 Å². The van der Waals surface area contributed by atoms with Gasteiger partial charge in [-0.15, -0.1) is 13.2 Å². The van der Waals surface area contributed by atoms with E-state index in [4.69, 9.17) is 0 Å². The van der Waals surface area contributed by atoms with E-state index in [1.54, 1.807) is 12.1 Å². The zero-order valence-corrected chi connectivity index (χ0v) is 13.6. The highest BCUT2D eigenvalue weighted by Crippen LogP contribution is 2.19. The smallest absolute Gasteiger partial charge is 0.247 e. The van der Waals surface area contributed by atoms with E-state index in [0.717, 1.165) is 24.5 Å². The van der Waals surface area contributed by atoms with Crippen molar-refractivity contribution in [3.8, 4) is 5.69 Å². The van der Waals surface area contributed by atoms with Crippen molar-refractivity contribution in [3.63, 3.8) is 0 Å². The standard InChI is InChI=1S/C19H17N3O3/c1-3-12-20-17(23)21(13-4-2)19(25)22(18(20)24)16-11-7-9-14-8-5-6-10-15(14)16/h3-11H,1-2,12-13H2. The monoisotopic (exact) mass is 335 g/mol. The fourth-order valence-corrected chi connectivity index (χ4v) is 2.81. The van der Waals surface area contributed by atoms with Crippen LogP contribution in [0.5, 0.6) is 0 Å². The van der Waals surface area contributed by atoms with Gasteiger partial charge in [-0.3, -0.25) is 0 Å². The van der Waals surface area contributed by atoms with E-state index in [1.165, 1.54) is 12.2 Å². The number of nitrogens with zero attached hydrogens (tertiary/aromatic N) is 3. The summed E-state index contributed by atoms with van der Waals surface area (Å²) < 4.78 is 3.00. The summed E-state index contributed by atoms with van der Waals surface area (Å²) in [6.45, 7) is 7.17. The quantitative estimate of drug-likeness (QED) is 0.667. The van der Waals surface area contributed by atoms with Gasteiger partial charge in [-0.05, 0) is 11.5 Å². The van der Waals surface area contributed by atoms with E-state index in [0.29, 0.717) is 5.69 Å². The van der Waals surface area contributed by atoms with Gasteiger partial charge < -0.3 is 0 Å². The van der Waals surface area contributed by atoms with Crippen LogP contribution in [0.25, 0.3) is 16.5 Å². The van der Waals surface area contributed by atoms with Gasteiger partial charge in [-0.1, -0.05) is 48.6 Å². The molecule has 126 valence electrons. The van der Waals surface area contributed by atoms with Crippen LogP contribution in [0.15, 0.2) is 82.2 Å². The molecule has 0 bridgehead atoms. The van der Waals surface area contributed by atoms with Gasteiger partial charge >= 0.3 is 17.1 Å². The third-order valence-electron chi connectivity index (χ3n) is 3.94. The molecule has 3 rings (SSSR count). The first-order valence-electron chi connectivity index (χ1n) is 7.76. The summed E-state index contributed by atoms with van der Waals surface area (Å²) in [6.07, 6.45) is 2.89. The first-order chi connectivity index (χ1) is 12.1. The Morgan fingerprint density at radius 3 is 1.92 bits per heavy atom. The van der Waals surface area contributed by atoms with E-state index in [9.17, 15) is 14.4 Å². The second-order valence-corrected chi connectivity index (χ2v) is 5.48. The number of hydrogen-bond acceptors (Lipinski definition) is 3. The minimum absolute atomic E-state index is 0.0137. The molecule has 0 unspecified atom stereocenters. The zero-order chi connectivity index (χ0) is 18.0. The van der Waals surface area contributed by atoms with Crippen LogP contribution in [0.4, 0.5) is 0 Å². The molecule has 0 aliphatic heterocycles. The van der Waals surface area contributed by atoms with Gasteiger partial charge in [0.15, 0.2) is 0 Å². The fraction of sp³-hybridized carbons (Fsp3) is 0.105. The van der Waals surface area contributed by atoms with Crippen LogP contribution in [0.3, 0.4) is 0 Å². The SMILES string of the molecule is C=CCn1c(=O)n(CC=C)c(=O)n(-c2cccc3ccccc23)c1=O. The van der Waals surface area contributed by atoms with Gasteiger partial charge in [0.1, 0.15) is 0 Å². The molecular formula is C19H17N3O3. The molecule has 3 aromatic rings. The van der Waals surface area contributed by atoms with Crippen LogP contribution >= 0.6 is 0 Å². The predicted molar refractivity (Wildman–Crippen MR) is 98.5 cm³/mol. The molecule has 0 atom stereocenters. The highest BCUT2D eigenvalue weighted by atomic mass is 16.2. The van der Waals surface area contributed by atoms with E-state index in [1.807, 2.05) is 30.3 Å². The van der Waals surface area contributed by atoms with Crippen molar-refractivity contribution in [2.75, 3.05) is 0 Å². The molecule has 2 aromatic carbocycles. The lowest BCUT2D eigenvalue weighted by atomic mass is 10.1. The van der Waals surface area contributed by atoms with E-state index in [-0.39, 0.29) is 13.1 Å². The maximum absolute atomic E-state index is 12.8. The topological polar surface area (TPSA) is 66.0 Å². The number of hydrogen-bond donors (Lipinski definition) is 0. The van der Waals surface area contributed by atoms with Crippen LogP contribution in [-0.4, -0.2) is 13.7 Å². The molecule has 0 radical (unpaired) electrons. The molecule has 0 aliphatic rings. The van der Waals surface area contributed by atoms with Crippen molar-refractivity contribution < 1.29 is 0 Å². The lowest BCUT2D eigenvalue weighted by Gasteiger charge is -2.13. The Balaban J connectivity index is 2.49. The van der Waals surface area contributed by atoms with E-state index in [2.05, 4.69) is 13.2 Å². The Bertz CT molecular complexity index is 1100. The Kier molecular flexibility index (Phi) is 4.35. The molecule has 0 aliphatic carbocycles. The number of benzene rings is 2. The molecule has 0 saturated heterocycles. The Hall–Kier alpha value is -3.41. The summed E-state index contributed by atoms with van der Waals surface area (Å²) in [5.74, 6) is 0. The molecule has 1 aromatic heterocycles. The number of aromatic nitrogens is 3. The Morgan fingerprint density at radius 2 is 1.32 bits per heavy atom. The van der Waals surface area contributed by atoms with Crippen molar-refractivity contribution in [1.29, 1.82) is 0 Å². The summed E-state index contributed by atoms with van der Waals surface area (Å²) in [5, 5.41) is 1.64. The van der Waals surface area contributed by atoms with Crippen molar-refractivity contribution in [1.82, 2.24) is 13.7 Å². The third kappa shape index (κ3) is 2.67. The zero-order valence-electron chi connectivity index (χ0n) is 13.6. The Labute approximate surface area is 143 Å². The Morgan fingerprint density at radius 1 is 0.760 bits per heavy atom. The predicted octanol–water partition coefficient (Wildman–Crippen LogP) is 1.69. The molecule has 1 heterocycles. The average molecular weight is 335 g/mol. The number of fused-ring (bicyclic) bond motifs is 1. The van der Waals surface area contributed by atoms with Crippen LogP contribution < -0.4 is 17.1 Å². The third-order valence-corrected chi connectivity index (χ3v) is 3.94. The molecule has 6 nitrogen and oxygen atoms in total. The highest BCUT2D eigenvalue weighted by Gasteiger charge is 2.16. The van der Waals surface area contributed by atoms with Gasteiger partial charge in [0.05, 0.1) is 18.8 Å². The first-order valence-corrected chi connectivity index (χ1v) is 7.76. The van der Waals surface area contributed by atoms with Crippen molar-refractivity contribution in [2.45, 2.75) is 13.1 Å². The molecular weight excluding hydrogens is 318 g/mol. The summed E-state index contributed by atoms with van der Waals surface area (Å²) in [7, 11) is 0. The molecule has 0 amide bonds. The van der Waals surface area contributed by atoms with E-state index >= 15 is 0 Å². The molecule has 0 fully saturated rings. The summed E-state index contributed by atoms with van der Waals surface area (Å²) >= 11 is 0. The maximum atomic E-state index is 12.8. The lowest BCUT2D eigenvalue weighted by molar-refractivity contribution is 0.541. The van der Waals surface area contributed by atoms with E-state index < -0.39 is 17.1 Å². The first kappa shape index (κ1) is 16.4. The molecule has 0 saturated carbocycles. The van der Waals surface area contributed by atoms with Crippen LogP contribution in [0.2, 0.25) is 0 Å². The maximum Gasteiger partial charge on any atom is 0.341 e. The second kappa shape index (κ2) is 6.60. The van der Waals surface area contributed by atoms with Gasteiger partial charge in [-0.2, -0.15) is 0 Å². The number of rotatable bonds is 5. The lowest BCUT2D eigenvalue weighted by Crippen LogP contribution is -2.53. The van der Waals surface area contributed by atoms with Crippen molar-refractivity contribution >= 4 is 10.8 Å². The molecule has 0 N–H and O–H groups in total. The van der Waals surface area contributed by atoms with Gasteiger partial charge in [0, 0.05) is 5.39 Å². The average Bonchev–Trinajstić information content (AvgIpc) is 2.62. The number of allylic oxidation sites excluding steroid dienone is 2. The van der Waals surface area contributed by atoms with Crippen LogP contribution in [-0.2, 0) is 13.1 Å². The fourth-order valence-electron chi connectivity index (χ4n) is 2.81. The van der Waals surface area contributed by atoms with Gasteiger partial charge in [0.25, 0.3) is 0 Å². The highest BCUT2D eigenvalue weighted by molar-refractivity contribution is 5.90. The second-order valence-electron chi connectivity index (χ2n) is 5.48. The summed E-state index contributed by atoms with van der Waals surface area (Å²) in [6, 6.07) is 12.8. The van der Waals surface area contributed by atoms with Crippen molar-refractivity contribution in [3.05, 3.63) is 99.2 Å². The molecule has 25 heavy (non-hydrogen) atoms. The normalized spacial score (nSPS) is 10.7.